The molecule has 6 nitrogen and oxygen atoms in total. The molecule has 0 atom stereocenters. The molecule has 142 valence electrons. The Bertz CT molecular complexity index is 1080. The minimum Gasteiger partial charge on any atom is -0.317 e. The highest BCUT2D eigenvalue weighted by atomic mass is 32.2. The van der Waals surface area contributed by atoms with Crippen LogP contribution in [0.1, 0.15) is 36.6 Å². The van der Waals surface area contributed by atoms with Gasteiger partial charge in [0.2, 0.25) is 5.17 Å². The lowest BCUT2D eigenvalue weighted by molar-refractivity contribution is -0.114. The third kappa shape index (κ3) is 3.22. The summed E-state index contributed by atoms with van der Waals surface area (Å²) in [6.45, 7) is 6.23. The van der Waals surface area contributed by atoms with Crippen LogP contribution in [-0.2, 0) is 4.79 Å². The number of hydrazone groups is 1. The number of rotatable bonds is 4. The van der Waals surface area contributed by atoms with Crippen LogP contribution < -0.4 is 0 Å². The summed E-state index contributed by atoms with van der Waals surface area (Å²) in [5.74, 6) is -0.328. The lowest BCUT2D eigenvalue weighted by Gasteiger charge is -2.20. The molecule has 0 saturated heterocycles. The van der Waals surface area contributed by atoms with E-state index in [0.717, 1.165) is 29.3 Å². The molecule has 0 radical (unpaired) electrons. The first-order valence-corrected chi connectivity index (χ1v) is 10.0. The number of thioether (sulfide) groups is 1. The number of aromatic nitrogens is 1. The smallest absolute Gasteiger partial charge is 0.283 e. The number of hydrogen-bond acceptors (Lipinski definition) is 4. The van der Waals surface area contributed by atoms with Crippen molar-refractivity contribution in [1.29, 1.82) is 5.41 Å². The predicted octanol–water partition coefficient (Wildman–Crippen LogP) is 4.51. The first-order valence-electron chi connectivity index (χ1n) is 9.22. The fourth-order valence-electron chi connectivity index (χ4n) is 3.12. The van der Waals surface area contributed by atoms with Crippen molar-refractivity contribution < 1.29 is 4.79 Å². The van der Waals surface area contributed by atoms with Crippen molar-refractivity contribution >= 4 is 39.8 Å². The zero-order chi connectivity index (χ0) is 19.8. The molecule has 1 N–H and O–H groups in total. The predicted molar refractivity (Wildman–Crippen MR) is 115 cm³/mol. The van der Waals surface area contributed by atoms with Crippen molar-refractivity contribution in [2.75, 3.05) is 0 Å². The topological polar surface area (TPSA) is 73.8 Å². The Morgan fingerprint density at radius 3 is 2.79 bits per heavy atom. The second-order valence-corrected chi connectivity index (χ2v) is 7.88. The van der Waals surface area contributed by atoms with Crippen LogP contribution in [0.4, 0.5) is 0 Å². The summed E-state index contributed by atoms with van der Waals surface area (Å²) in [6.07, 6.45) is 5.44. The van der Waals surface area contributed by atoms with Gasteiger partial charge in [-0.2, -0.15) is 15.1 Å². The summed E-state index contributed by atoms with van der Waals surface area (Å²) >= 11 is 1.37. The van der Waals surface area contributed by atoms with Gasteiger partial charge in [0.15, 0.2) is 5.84 Å². The van der Waals surface area contributed by atoms with Gasteiger partial charge in [0.05, 0.1) is 5.57 Å². The monoisotopic (exact) mass is 391 g/mol. The lowest BCUT2D eigenvalue weighted by atomic mass is 10.1. The zero-order valence-electron chi connectivity index (χ0n) is 16.1. The average Bonchev–Trinajstić information content (AvgIpc) is 3.28. The van der Waals surface area contributed by atoms with Gasteiger partial charge in [-0.1, -0.05) is 13.0 Å². The Labute approximate surface area is 168 Å². The molecule has 0 saturated carbocycles. The molecule has 2 aliphatic rings. The van der Waals surface area contributed by atoms with Gasteiger partial charge >= 0.3 is 0 Å². The fraction of sp³-hybridized carbons (Fsp3) is 0.238. The molecular weight excluding hydrogens is 370 g/mol. The number of amides is 1. The van der Waals surface area contributed by atoms with Crippen LogP contribution in [-0.4, -0.2) is 31.5 Å². The quantitative estimate of drug-likeness (QED) is 0.779. The van der Waals surface area contributed by atoms with Gasteiger partial charge in [-0.15, -0.1) is 0 Å². The Kier molecular flexibility index (Phi) is 4.77. The van der Waals surface area contributed by atoms with E-state index < -0.39 is 5.91 Å². The van der Waals surface area contributed by atoms with Crippen molar-refractivity contribution in [2.24, 2.45) is 10.1 Å². The van der Waals surface area contributed by atoms with Crippen LogP contribution in [0.3, 0.4) is 0 Å². The largest absolute Gasteiger partial charge is 0.317 e. The van der Waals surface area contributed by atoms with Gasteiger partial charge in [0, 0.05) is 17.6 Å². The Morgan fingerprint density at radius 2 is 2.04 bits per heavy atom. The summed E-state index contributed by atoms with van der Waals surface area (Å²) in [4.78, 5) is 16.7. The van der Waals surface area contributed by atoms with E-state index in [1.54, 1.807) is 6.08 Å². The van der Waals surface area contributed by atoms with Gasteiger partial charge in [0.25, 0.3) is 5.91 Å². The van der Waals surface area contributed by atoms with Crippen LogP contribution in [0, 0.1) is 19.3 Å². The maximum absolute atomic E-state index is 12.6. The van der Waals surface area contributed by atoms with E-state index >= 15 is 0 Å². The zero-order valence-corrected chi connectivity index (χ0v) is 16.9. The van der Waals surface area contributed by atoms with Crippen molar-refractivity contribution in [1.82, 2.24) is 9.58 Å². The van der Waals surface area contributed by atoms with Crippen molar-refractivity contribution in [3.05, 3.63) is 58.9 Å². The molecular formula is C21H21N5OS. The number of hydrogen-bond donors (Lipinski definition) is 1. The summed E-state index contributed by atoms with van der Waals surface area (Å²) in [7, 11) is 0. The number of fused-ring (bicyclic) bond motifs is 1. The van der Waals surface area contributed by atoms with Gasteiger partial charge < -0.3 is 4.57 Å². The molecule has 0 aliphatic carbocycles. The van der Waals surface area contributed by atoms with Crippen LogP contribution in [0.2, 0.25) is 0 Å². The van der Waals surface area contributed by atoms with Gasteiger partial charge in [-0.25, -0.2) is 0 Å². The second kappa shape index (κ2) is 7.24. The van der Waals surface area contributed by atoms with E-state index in [1.165, 1.54) is 27.9 Å². The maximum atomic E-state index is 12.6. The van der Waals surface area contributed by atoms with Crippen molar-refractivity contribution in [2.45, 2.75) is 33.6 Å². The molecule has 0 fully saturated rings. The molecule has 1 amide bonds. The highest BCUT2D eigenvalue weighted by Crippen LogP contribution is 2.30. The standard InChI is InChI=1S/C21H21N5OS/c1-4-6-18-24-26-19(22)17(20(27)23-21(26)28-18)12-15-7-5-10-25(15)16-9-8-13(2)14(3)11-16/h5,7-12,22H,4,6H2,1-3H3/b17-12-,22-19?. The Morgan fingerprint density at radius 1 is 1.21 bits per heavy atom. The number of carbonyl (C=O) groups is 1. The van der Waals surface area contributed by atoms with Gasteiger partial charge in [0.1, 0.15) is 5.04 Å². The van der Waals surface area contributed by atoms with Crippen molar-refractivity contribution in [3.8, 4) is 5.69 Å². The van der Waals surface area contributed by atoms with Crippen molar-refractivity contribution in [3.63, 3.8) is 0 Å². The number of benzene rings is 1. The van der Waals surface area contributed by atoms with E-state index in [0.29, 0.717) is 5.17 Å². The Hall–Kier alpha value is -2.93. The molecule has 2 aromatic rings. The van der Waals surface area contributed by atoms with Crippen LogP contribution >= 0.6 is 11.8 Å². The molecule has 1 aromatic heterocycles. The SMILES string of the molecule is CCCC1=NN2C(=N)/C(=C/c3cccn3-c3ccc(C)c(C)c3)C(=O)N=C2S1. The average molecular weight is 392 g/mol. The number of carbonyl (C=O) groups excluding carboxylic acids is 1. The highest BCUT2D eigenvalue weighted by Gasteiger charge is 2.35. The fourth-order valence-corrected chi connectivity index (χ4v) is 4.10. The summed E-state index contributed by atoms with van der Waals surface area (Å²) in [5.41, 5.74) is 4.51. The van der Waals surface area contributed by atoms with Crippen LogP contribution in [0.25, 0.3) is 11.8 Å². The Balaban J connectivity index is 1.71. The third-order valence-corrected chi connectivity index (χ3v) is 5.77. The minimum absolute atomic E-state index is 0.0708. The molecule has 0 spiro atoms. The highest BCUT2D eigenvalue weighted by molar-refractivity contribution is 8.26. The second-order valence-electron chi connectivity index (χ2n) is 6.84. The van der Waals surface area contributed by atoms with E-state index in [4.69, 9.17) is 5.41 Å². The van der Waals surface area contributed by atoms with Gasteiger partial charge in [-0.05, 0) is 79.9 Å². The summed E-state index contributed by atoms with van der Waals surface area (Å²) in [5, 5.41) is 15.8. The first-order chi connectivity index (χ1) is 13.5. The number of amidine groups is 2. The van der Waals surface area contributed by atoms with E-state index in [-0.39, 0.29) is 11.4 Å². The molecule has 7 heteroatoms. The van der Waals surface area contributed by atoms with E-state index in [9.17, 15) is 4.79 Å². The molecule has 4 rings (SSSR count). The molecule has 0 unspecified atom stereocenters. The van der Waals surface area contributed by atoms with Crippen LogP contribution in [0.5, 0.6) is 0 Å². The minimum atomic E-state index is -0.399. The molecule has 28 heavy (non-hydrogen) atoms. The molecule has 1 aromatic carbocycles. The first kappa shape index (κ1) is 18.4. The third-order valence-electron chi connectivity index (χ3n) is 4.80. The number of aliphatic imine (C=N–C) groups is 1. The lowest BCUT2D eigenvalue weighted by Crippen LogP contribution is -2.35. The normalized spacial score (nSPS) is 17.8. The van der Waals surface area contributed by atoms with E-state index in [1.807, 2.05) is 29.0 Å². The molecule has 2 aliphatic heterocycles. The summed E-state index contributed by atoms with van der Waals surface area (Å²) in [6, 6.07) is 10.1. The summed E-state index contributed by atoms with van der Waals surface area (Å²) < 4.78 is 2.00. The number of aryl methyl sites for hydroxylation is 2. The van der Waals surface area contributed by atoms with Gasteiger partial charge in [-0.3, -0.25) is 10.2 Å². The molecule has 0 bridgehead atoms. The van der Waals surface area contributed by atoms with E-state index in [2.05, 4.69) is 43.0 Å². The van der Waals surface area contributed by atoms with Crippen LogP contribution in [0.15, 0.2) is 52.2 Å². The maximum Gasteiger partial charge on any atom is 0.283 e. The molecule has 3 heterocycles. The number of nitrogens with one attached hydrogen (secondary N) is 1. The number of nitrogens with zero attached hydrogens (tertiary/aromatic N) is 4.